The third kappa shape index (κ3) is 1.72. The first kappa shape index (κ1) is 14.0. The minimum atomic E-state index is 0.224. The molecule has 0 N–H and O–H groups in total. The summed E-state index contributed by atoms with van der Waals surface area (Å²) in [5.74, 6) is 2.21. The summed E-state index contributed by atoms with van der Waals surface area (Å²) in [5.41, 5.74) is 5.27. The van der Waals surface area contributed by atoms with E-state index < -0.39 is 0 Å². The van der Waals surface area contributed by atoms with Crippen LogP contribution in [-0.2, 0) is 6.42 Å². The third-order valence-electron chi connectivity index (χ3n) is 5.88. The number of halogens is 2. The maximum atomic E-state index is 13.2. The van der Waals surface area contributed by atoms with Gasteiger partial charge < -0.3 is 0 Å². The summed E-state index contributed by atoms with van der Waals surface area (Å²) >= 11 is 4.73. The molecule has 0 radical (unpaired) electrons. The molecule has 110 valence electrons. The summed E-state index contributed by atoms with van der Waals surface area (Å²) in [7, 11) is 0. The van der Waals surface area contributed by atoms with Gasteiger partial charge in [-0.1, -0.05) is 24.3 Å². The van der Waals surface area contributed by atoms with Crippen molar-refractivity contribution in [3.63, 3.8) is 0 Å². The molecule has 0 saturated heterocycles. The smallest absolute Gasteiger partial charge is 0.167 e. The van der Waals surface area contributed by atoms with E-state index in [2.05, 4.69) is 81.6 Å². The summed E-state index contributed by atoms with van der Waals surface area (Å²) in [6, 6.07) is 13.1. The van der Waals surface area contributed by atoms with Crippen molar-refractivity contribution in [3.05, 3.63) is 65.8 Å². The molecule has 2 bridgehead atoms. The van der Waals surface area contributed by atoms with Crippen LogP contribution in [0, 0.1) is 19.0 Å². The fourth-order valence-electron chi connectivity index (χ4n) is 5.10. The van der Waals surface area contributed by atoms with Gasteiger partial charge >= 0.3 is 0 Å². The minimum absolute atomic E-state index is 0.224. The van der Waals surface area contributed by atoms with Gasteiger partial charge in [-0.15, -0.1) is 0 Å². The zero-order valence-corrected chi connectivity index (χ0v) is 16.2. The van der Waals surface area contributed by atoms with Crippen LogP contribution in [0.25, 0.3) is 0 Å². The van der Waals surface area contributed by atoms with Crippen molar-refractivity contribution >= 4 is 51.0 Å². The number of benzene rings is 2. The monoisotopic (exact) mass is 512 g/mol. The van der Waals surface area contributed by atoms with E-state index >= 15 is 0 Å². The van der Waals surface area contributed by atoms with Gasteiger partial charge in [0.1, 0.15) is 0 Å². The van der Waals surface area contributed by atoms with Gasteiger partial charge in [-0.05, 0) is 105 Å². The molecule has 4 unspecified atom stereocenters. The number of hydrogen-bond donors (Lipinski definition) is 0. The molecule has 3 aliphatic rings. The second-order valence-corrected chi connectivity index (χ2v) is 9.16. The Balaban J connectivity index is 1.68. The van der Waals surface area contributed by atoms with Gasteiger partial charge in [0.15, 0.2) is 5.78 Å². The van der Waals surface area contributed by atoms with Crippen LogP contribution in [0.2, 0.25) is 0 Å². The minimum Gasteiger partial charge on any atom is -0.294 e. The normalized spacial score (nSPS) is 30.9. The van der Waals surface area contributed by atoms with Crippen LogP contribution in [0.3, 0.4) is 0 Å². The van der Waals surface area contributed by atoms with Crippen LogP contribution in [0.4, 0.5) is 0 Å². The van der Waals surface area contributed by atoms with Crippen molar-refractivity contribution in [2.75, 3.05) is 0 Å². The van der Waals surface area contributed by atoms with Crippen LogP contribution >= 0.6 is 45.2 Å². The van der Waals surface area contributed by atoms with Crippen molar-refractivity contribution < 1.29 is 4.79 Å². The van der Waals surface area contributed by atoms with Crippen molar-refractivity contribution in [1.29, 1.82) is 0 Å². The Morgan fingerprint density at radius 3 is 2.50 bits per heavy atom. The molecule has 1 nitrogen and oxygen atoms in total. The summed E-state index contributed by atoms with van der Waals surface area (Å²) in [6.45, 7) is 0. The molecule has 3 heteroatoms. The zero-order valence-electron chi connectivity index (χ0n) is 11.9. The molecule has 1 saturated carbocycles. The number of carbonyl (C=O) groups is 1. The standard InChI is InChI=1S/C19H14I2O/c20-9-5-16-13(17(21)6-9)8-15-12-7-14(18(15)19(16)22)11-4-2-1-3-10(11)12/h1-6,12,14-15,18H,7-8H2. The van der Waals surface area contributed by atoms with Gasteiger partial charge in [-0.25, -0.2) is 0 Å². The van der Waals surface area contributed by atoms with E-state index in [1.165, 1.54) is 30.3 Å². The highest BCUT2D eigenvalue weighted by atomic mass is 127. The lowest BCUT2D eigenvalue weighted by Crippen LogP contribution is -2.35. The van der Waals surface area contributed by atoms with Crippen molar-refractivity contribution in [2.45, 2.75) is 24.7 Å². The highest BCUT2D eigenvalue weighted by molar-refractivity contribution is 14.1. The average molecular weight is 512 g/mol. The van der Waals surface area contributed by atoms with Gasteiger partial charge in [0.25, 0.3) is 0 Å². The topological polar surface area (TPSA) is 17.1 Å². The Morgan fingerprint density at radius 1 is 1.00 bits per heavy atom. The number of Topliss-reactive ketones (excluding diaryl/α,β-unsaturated/α-hetero) is 1. The van der Waals surface area contributed by atoms with Crippen molar-refractivity contribution in [1.82, 2.24) is 0 Å². The predicted octanol–water partition coefficient (Wildman–Crippen LogP) is 5.15. The Morgan fingerprint density at radius 2 is 1.73 bits per heavy atom. The molecule has 1 fully saturated rings. The molecule has 0 heterocycles. The number of carbonyl (C=O) groups excluding carboxylic acids is 1. The van der Waals surface area contributed by atoms with E-state index in [0.717, 1.165) is 12.0 Å². The summed E-state index contributed by atoms with van der Waals surface area (Å²) in [5, 5.41) is 0. The van der Waals surface area contributed by atoms with Crippen molar-refractivity contribution in [3.8, 4) is 0 Å². The summed E-state index contributed by atoms with van der Waals surface area (Å²) < 4.78 is 2.44. The molecular weight excluding hydrogens is 498 g/mol. The fourth-order valence-corrected chi connectivity index (χ4v) is 7.17. The number of hydrogen-bond acceptors (Lipinski definition) is 1. The Kier molecular flexibility index (Phi) is 3.04. The van der Waals surface area contributed by atoms with Crippen LogP contribution in [0.15, 0.2) is 36.4 Å². The molecule has 0 aromatic heterocycles. The van der Waals surface area contributed by atoms with E-state index in [-0.39, 0.29) is 5.92 Å². The molecule has 0 amide bonds. The van der Waals surface area contributed by atoms with Crippen LogP contribution in [-0.4, -0.2) is 5.78 Å². The number of rotatable bonds is 0. The van der Waals surface area contributed by atoms with E-state index in [4.69, 9.17) is 0 Å². The maximum absolute atomic E-state index is 13.2. The van der Waals surface area contributed by atoms with Crippen LogP contribution in [0.1, 0.15) is 45.3 Å². The number of fused-ring (bicyclic) bond motifs is 9. The van der Waals surface area contributed by atoms with E-state index in [1.54, 1.807) is 0 Å². The average Bonchev–Trinajstić information content (AvgIpc) is 3.06. The van der Waals surface area contributed by atoms with E-state index in [9.17, 15) is 4.79 Å². The quantitative estimate of drug-likeness (QED) is 0.447. The predicted molar refractivity (Wildman–Crippen MR) is 103 cm³/mol. The Bertz CT molecular complexity index is 826. The molecule has 5 rings (SSSR count). The summed E-state index contributed by atoms with van der Waals surface area (Å²) in [6.07, 6.45) is 2.26. The third-order valence-corrected chi connectivity index (χ3v) is 7.47. The van der Waals surface area contributed by atoms with Crippen LogP contribution in [0.5, 0.6) is 0 Å². The summed E-state index contributed by atoms with van der Waals surface area (Å²) in [4.78, 5) is 13.2. The second kappa shape index (κ2) is 4.79. The fraction of sp³-hybridized carbons (Fsp3) is 0.316. The lowest BCUT2D eigenvalue weighted by Gasteiger charge is -2.36. The first-order chi connectivity index (χ1) is 10.6. The molecule has 3 aliphatic carbocycles. The highest BCUT2D eigenvalue weighted by Gasteiger charge is 2.55. The first-order valence-electron chi connectivity index (χ1n) is 7.76. The van der Waals surface area contributed by atoms with Crippen molar-refractivity contribution in [2.24, 2.45) is 11.8 Å². The Labute approximate surface area is 157 Å². The molecule has 4 atom stereocenters. The first-order valence-corrected chi connectivity index (χ1v) is 9.92. The largest absolute Gasteiger partial charge is 0.294 e. The SMILES string of the molecule is O=C1c2cc(I)cc(I)c2CC2C3CC(c4ccccc43)C12. The number of ketones is 1. The van der Waals surface area contributed by atoms with Gasteiger partial charge in [-0.2, -0.15) is 0 Å². The highest BCUT2D eigenvalue weighted by Crippen LogP contribution is 2.62. The van der Waals surface area contributed by atoms with Gasteiger partial charge in [0, 0.05) is 18.6 Å². The van der Waals surface area contributed by atoms with E-state index in [1.807, 2.05) is 0 Å². The zero-order chi connectivity index (χ0) is 15.0. The molecule has 2 aromatic rings. The molecule has 2 aromatic carbocycles. The van der Waals surface area contributed by atoms with E-state index in [0.29, 0.717) is 23.5 Å². The molecule has 0 aliphatic heterocycles. The maximum Gasteiger partial charge on any atom is 0.167 e. The lowest BCUT2D eigenvalue weighted by molar-refractivity contribution is 0.0849. The van der Waals surface area contributed by atoms with Gasteiger partial charge in [0.05, 0.1) is 0 Å². The molecule has 0 spiro atoms. The Hall–Kier alpha value is -0.430. The molecule has 22 heavy (non-hydrogen) atoms. The van der Waals surface area contributed by atoms with Crippen LogP contribution < -0.4 is 0 Å². The lowest BCUT2D eigenvalue weighted by atomic mass is 9.66. The molecular formula is C19H14I2O. The van der Waals surface area contributed by atoms with Gasteiger partial charge in [0.2, 0.25) is 0 Å². The van der Waals surface area contributed by atoms with Gasteiger partial charge in [-0.3, -0.25) is 4.79 Å². The second-order valence-electron chi connectivity index (χ2n) is 6.75.